The summed E-state index contributed by atoms with van der Waals surface area (Å²) in [6, 6.07) is 13.9. The van der Waals surface area contributed by atoms with Crippen molar-refractivity contribution in [2.75, 3.05) is 6.61 Å². The summed E-state index contributed by atoms with van der Waals surface area (Å²) in [4.78, 5) is 4.54. The maximum Gasteiger partial charge on any atom is 0.128 e. The second-order valence-electron chi connectivity index (χ2n) is 10.2. The molecule has 3 heteroatoms. The number of ether oxygens (including phenoxy) is 1. The molecule has 0 amide bonds. The van der Waals surface area contributed by atoms with Crippen LogP contribution in [0.5, 0.6) is 11.5 Å². The van der Waals surface area contributed by atoms with E-state index in [0.717, 1.165) is 18.5 Å². The molecule has 0 saturated heterocycles. The molecule has 200 valence electrons. The Balaban J connectivity index is 1.60. The van der Waals surface area contributed by atoms with Gasteiger partial charge in [-0.25, -0.2) is 0 Å². The summed E-state index contributed by atoms with van der Waals surface area (Å²) in [7, 11) is 0. The molecule has 3 nitrogen and oxygen atoms in total. The number of aromatic hydroxyl groups is 1. The average Bonchev–Trinajstić information content (AvgIpc) is 2.89. The number of aryl methyl sites for hydroxylation is 1. The summed E-state index contributed by atoms with van der Waals surface area (Å²) in [5, 5.41) is 10.3. The lowest BCUT2D eigenvalue weighted by Crippen LogP contribution is -1.97. The van der Waals surface area contributed by atoms with Crippen molar-refractivity contribution in [2.45, 2.75) is 123 Å². The Kier molecular flexibility index (Phi) is 16.5. The van der Waals surface area contributed by atoms with Crippen LogP contribution >= 0.6 is 0 Å². The van der Waals surface area contributed by atoms with Gasteiger partial charge in [-0.05, 0) is 49.1 Å². The second-order valence-corrected chi connectivity index (χ2v) is 10.2. The maximum atomic E-state index is 10.3. The number of hydrogen-bond acceptors (Lipinski definition) is 3. The molecule has 0 aliphatic carbocycles. The summed E-state index contributed by atoms with van der Waals surface area (Å²) in [5.74, 6) is 0.914. The molecule has 1 N–H and O–H groups in total. The van der Waals surface area contributed by atoms with Crippen LogP contribution in [-0.4, -0.2) is 17.9 Å². The number of unbranched alkanes of at least 4 members (excludes halogenated alkanes) is 14. The third-order valence-corrected chi connectivity index (χ3v) is 6.88. The first-order chi connectivity index (χ1) is 17.7. The smallest absolute Gasteiger partial charge is 0.128 e. The van der Waals surface area contributed by atoms with Gasteiger partial charge in [0, 0.05) is 17.8 Å². The van der Waals surface area contributed by atoms with E-state index in [4.69, 9.17) is 4.74 Å². The molecule has 2 rings (SSSR count). The Morgan fingerprint density at radius 3 is 1.81 bits per heavy atom. The number of aliphatic imine (C=N–C) groups is 1. The fourth-order valence-electron chi connectivity index (χ4n) is 4.50. The Hall–Kier alpha value is -2.29. The third-order valence-electron chi connectivity index (χ3n) is 6.88. The molecule has 0 spiro atoms. The Labute approximate surface area is 221 Å². The molecule has 2 aromatic carbocycles. The van der Waals surface area contributed by atoms with E-state index in [1.807, 2.05) is 12.1 Å². The quantitative estimate of drug-likeness (QED) is 0.139. The summed E-state index contributed by atoms with van der Waals surface area (Å²) in [6.07, 6.45) is 24.2. The van der Waals surface area contributed by atoms with Crippen LogP contribution in [0.4, 0.5) is 5.69 Å². The van der Waals surface area contributed by atoms with E-state index in [1.54, 1.807) is 12.3 Å². The van der Waals surface area contributed by atoms with Gasteiger partial charge in [0.15, 0.2) is 0 Å². The summed E-state index contributed by atoms with van der Waals surface area (Å²) in [6.45, 7) is 5.18. The fraction of sp³-hybridized carbons (Fsp3) is 0.606. The largest absolute Gasteiger partial charge is 0.507 e. The highest BCUT2D eigenvalue weighted by Gasteiger charge is 2.02. The molecule has 0 aromatic heterocycles. The van der Waals surface area contributed by atoms with Gasteiger partial charge in [0.1, 0.15) is 11.5 Å². The van der Waals surface area contributed by atoms with Crippen LogP contribution in [0.15, 0.2) is 47.5 Å². The van der Waals surface area contributed by atoms with Crippen molar-refractivity contribution in [2.24, 2.45) is 4.99 Å². The lowest BCUT2D eigenvalue weighted by molar-refractivity contribution is 0.303. The van der Waals surface area contributed by atoms with Crippen molar-refractivity contribution in [3.8, 4) is 11.5 Å². The van der Waals surface area contributed by atoms with Crippen molar-refractivity contribution in [1.82, 2.24) is 0 Å². The molecule has 0 radical (unpaired) electrons. The van der Waals surface area contributed by atoms with E-state index in [9.17, 15) is 5.11 Å². The minimum atomic E-state index is 0.202. The summed E-state index contributed by atoms with van der Waals surface area (Å²) in [5.41, 5.74) is 2.99. The predicted molar refractivity (Wildman–Crippen MR) is 156 cm³/mol. The topological polar surface area (TPSA) is 41.8 Å². The van der Waals surface area contributed by atoms with E-state index in [0.29, 0.717) is 17.9 Å². The SMILES string of the molecule is CCCCCCCCCCCCCCc1ccc(N=Cc2ccc(OCCCCCC)cc2O)cc1. The van der Waals surface area contributed by atoms with Gasteiger partial charge in [-0.1, -0.05) is 116 Å². The van der Waals surface area contributed by atoms with Gasteiger partial charge in [0.2, 0.25) is 0 Å². The van der Waals surface area contributed by atoms with Crippen molar-refractivity contribution >= 4 is 11.9 Å². The Bertz CT molecular complexity index is 828. The zero-order valence-corrected chi connectivity index (χ0v) is 23.1. The molecule has 0 fully saturated rings. The zero-order chi connectivity index (χ0) is 25.7. The average molecular weight is 494 g/mol. The molecule has 0 atom stereocenters. The van der Waals surface area contributed by atoms with Gasteiger partial charge in [-0.2, -0.15) is 0 Å². The molecular formula is C33H51NO2. The van der Waals surface area contributed by atoms with Crippen molar-refractivity contribution in [3.05, 3.63) is 53.6 Å². The monoisotopic (exact) mass is 493 g/mol. The molecular weight excluding hydrogens is 442 g/mol. The number of phenolic OH excluding ortho intramolecular Hbond substituents is 1. The van der Waals surface area contributed by atoms with Gasteiger partial charge in [0.05, 0.1) is 12.3 Å². The maximum absolute atomic E-state index is 10.3. The minimum Gasteiger partial charge on any atom is -0.507 e. The second kappa shape index (κ2) is 19.8. The van der Waals surface area contributed by atoms with E-state index in [1.165, 1.54) is 102 Å². The van der Waals surface area contributed by atoms with Gasteiger partial charge >= 0.3 is 0 Å². The molecule has 0 unspecified atom stereocenters. The highest BCUT2D eigenvalue weighted by molar-refractivity contribution is 5.85. The normalized spacial score (nSPS) is 11.4. The van der Waals surface area contributed by atoms with Crippen LogP contribution in [0.3, 0.4) is 0 Å². The first kappa shape index (κ1) is 29.9. The van der Waals surface area contributed by atoms with Crippen molar-refractivity contribution in [3.63, 3.8) is 0 Å². The van der Waals surface area contributed by atoms with Gasteiger partial charge in [-0.3, -0.25) is 4.99 Å². The minimum absolute atomic E-state index is 0.202. The molecule has 0 bridgehead atoms. The van der Waals surface area contributed by atoms with Gasteiger partial charge in [0.25, 0.3) is 0 Å². The van der Waals surface area contributed by atoms with Crippen LogP contribution in [0.1, 0.15) is 128 Å². The Morgan fingerprint density at radius 2 is 1.22 bits per heavy atom. The standard InChI is InChI=1S/C33H51NO2/c1-3-5-7-9-10-11-12-13-14-15-16-17-19-29-20-23-31(24-21-29)34-28-30-22-25-32(27-33(30)35)36-26-18-8-6-4-2/h20-25,27-28,35H,3-19,26H2,1-2H3. The zero-order valence-electron chi connectivity index (χ0n) is 23.1. The van der Waals surface area contributed by atoms with Gasteiger partial charge < -0.3 is 9.84 Å². The summed E-state index contributed by atoms with van der Waals surface area (Å²) < 4.78 is 5.74. The molecule has 0 saturated carbocycles. The number of rotatable bonds is 21. The van der Waals surface area contributed by atoms with Gasteiger partial charge in [-0.15, -0.1) is 0 Å². The fourth-order valence-corrected chi connectivity index (χ4v) is 4.50. The molecule has 2 aromatic rings. The Morgan fingerprint density at radius 1 is 0.667 bits per heavy atom. The van der Waals surface area contributed by atoms with E-state index in [-0.39, 0.29) is 5.75 Å². The number of nitrogens with zero attached hydrogens (tertiary/aromatic N) is 1. The number of hydrogen-bond donors (Lipinski definition) is 1. The van der Waals surface area contributed by atoms with Crippen LogP contribution < -0.4 is 4.74 Å². The lowest BCUT2D eigenvalue weighted by atomic mass is 10.0. The van der Waals surface area contributed by atoms with Crippen LogP contribution in [0.2, 0.25) is 0 Å². The predicted octanol–water partition coefficient (Wildman–Crippen LogP) is 10.3. The summed E-state index contributed by atoms with van der Waals surface area (Å²) >= 11 is 0. The first-order valence-corrected chi connectivity index (χ1v) is 14.8. The third kappa shape index (κ3) is 13.7. The van der Waals surface area contributed by atoms with Crippen molar-refractivity contribution < 1.29 is 9.84 Å². The van der Waals surface area contributed by atoms with E-state index in [2.05, 4.69) is 43.1 Å². The molecule has 0 heterocycles. The van der Waals surface area contributed by atoms with Crippen molar-refractivity contribution in [1.29, 1.82) is 0 Å². The molecule has 36 heavy (non-hydrogen) atoms. The molecule has 0 aliphatic rings. The number of benzene rings is 2. The van der Waals surface area contributed by atoms with Crippen LogP contribution in [-0.2, 0) is 6.42 Å². The molecule has 0 aliphatic heterocycles. The van der Waals surface area contributed by atoms with E-state index < -0.39 is 0 Å². The number of phenols is 1. The lowest BCUT2D eigenvalue weighted by Gasteiger charge is -2.07. The highest BCUT2D eigenvalue weighted by Crippen LogP contribution is 2.24. The first-order valence-electron chi connectivity index (χ1n) is 14.8. The van der Waals surface area contributed by atoms with Crippen LogP contribution in [0, 0.1) is 0 Å². The van der Waals surface area contributed by atoms with E-state index >= 15 is 0 Å². The van der Waals surface area contributed by atoms with Crippen LogP contribution in [0.25, 0.3) is 0 Å². The highest BCUT2D eigenvalue weighted by atomic mass is 16.5.